The normalized spacial score (nSPS) is 19.8. The van der Waals surface area contributed by atoms with Crippen LogP contribution in [0.5, 0.6) is 0 Å². The van der Waals surface area contributed by atoms with E-state index in [0.717, 1.165) is 38.5 Å². The first-order valence-corrected chi connectivity index (χ1v) is 6.81. The van der Waals surface area contributed by atoms with E-state index < -0.39 is 0 Å². The smallest absolute Gasteiger partial charge is 0.128 e. The Morgan fingerprint density at radius 1 is 1.47 bits per heavy atom. The van der Waals surface area contributed by atoms with Crippen molar-refractivity contribution in [1.82, 2.24) is 15.2 Å². The van der Waals surface area contributed by atoms with Crippen LogP contribution in [0.25, 0.3) is 0 Å². The maximum absolute atomic E-state index is 4.52. The van der Waals surface area contributed by atoms with Gasteiger partial charge in [0.25, 0.3) is 0 Å². The van der Waals surface area contributed by atoms with Crippen LogP contribution in [0, 0.1) is 0 Å². The Bertz CT molecular complexity index is 368. The van der Waals surface area contributed by atoms with Crippen LogP contribution in [0.2, 0.25) is 0 Å². The molecule has 1 fully saturated rings. The van der Waals surface area contributed by atoms with Crippen LogP contribution < -0.4 is 10.2 Å². The summed E-state index contributed by atoms with van der Waals surface area (Å²) in [7, 11) is 2.07. The van der Waals surface area contributed by atoms with Gasteiger partial charge in [0.15, 0.2) is 0 Å². The highest BCUT2D eigenvalue weighted by Gasteiger charge is 2.17. The van der Waals surface area contributed by atoms with E-state index in [1.807, 2.05) is 6.20 Å². The third kappa shape index (κ3) is 4.34. The van der Waals surface area contributed by atoms with Gasteiger partial charge in [-0.15, -0.1) is 12.4 Å². The Morgan fingerprint density at radius 3 is 2.84 bits per heavy atom. The lowest BCUT2D eigenvalue weighted by atomic mass is 10.2. The van der Waals surface area contributed by atoms with Gasteiger partial charge in [-0.3, -0.25) is 4.90 Å². The fraction of sp³-hybridized carbons (Fsp3) is 0.643. The average Bonchev–Trinajstić information content (AvgIpc) is 2.41. The molecular weight excluding hydrogens is 260 g/mol. The molecule has 4 nitrogen and oxygen atoms in total. The van der Waals surface area contributed by atoms with E-state index in [2.05, 4.69) is 53.1 Å². The number of anilines is 1. The van der Waals surface area contributed by atoms with E-state index in [0.29, 0.717) is 6.04 Å². The summed E-state index contributed by atoms with van der Waals surface area (Å²) >= 11 is 0. The molecule has 0 radical (unpaired) electrons. The summed E-state index contributed by atoms with van der Waals surface area (Å²) < 4.78 is 0. The first kappa shape index (κ1) is 16.2. The third-order valence-corrected chi connectivity index (χ3v) is 3.70. The number of piperazine rings is 1. The summed E-state index contributed by atoms with van der Waals surface area (Å²) in [6.45, 7) is 9.71. The molecule has 1 saturated heterocycles. The molecular formula is C14H25ClN4. The van der Waals surface area contributed by atoms with E-state index in [9.17, 15) is 0 Å². The maximum Gasteiger partial charge on any atom is 0.128 e. The van der Waals surface area contributed by atoms with Crippen LogP contribution in [-0.4, -0.2) is 49.2 Å². The number of nitrogens with zero attached hydrogens (tertiary/aromatic N) is 3. The highest BCUT2D eigenvalue weighted by Crippen LogP contribution is 2.13. The van der Waals surface area contributed by atoms with Crippen molar-refractivity contribution in [2.24, 2.45) is 0 Å². The van der Waals surface area contributed by atoms with Gasteiger partial charge in [-0.05, 0) is 25.5 Å². The fourth-order valence-electron chi connectivity index (χ4n) is 2.25. The molecule has 0 spiro atoms. The predicted octanol–water partition coefficient (Wildman–Crippen LogP) is 1.75. The molecule has 1 aliphatic rings. The quantitative estimate of drug-likeness (QED) is 0.913. The second-order valence-corrected chi connectivity index (χ2v) is 5.06. The van der Waals surface area contributed by atoms with Gasteiger partial charge in [0.05, 0.1) is 0 Å². The van der Waals surface area contributed by atoms with Crippen molar-refractivity contribution >= 4 is 18.2 Å². The molecule has 0 saturated carbocycles. The number of pyridine rings is 1. The molecule has 0 unspecified atom stereocenters. The third-order valence-electron chi connectivity index (χ3n) is 3.70. The van der Waals surface area contributed by atoms with Gasteiger partial charge < -0.3 is 10.2 Å². The molecule has 2 heterocycles. The molecule has 0 aromatic carbocycles. The van der Waals surface area contributed by atoms with E-state index in [1.54, 1.807) is 0 Å². The lowest BCUT2D eigenvalue weighted by Crippen LogP contribution is -2.49. The van der Waals surface area contributed by atoms with Gasteiger partial charge in [-0.1, -0.05) is 6.07 Å². The molecule has 19 heavy (non-hydrogen) atoms. The van der Waals surface area contributed by atoms with Crippen molar-refractivity contribution in [2.75, 3.05) is 38.1 Å². The summed E-state index contributed by atoms with van der Waals surface area (Å²) in [5.41, 5.74) is 1.30. The lowest BCUT2D eigenvalue weighted by molar-refractivity contribution is 0.165. The largest absolute Gasteiger partial charge is 0.360 e. The van der Waals surface area contributed by atoms with Gasteiger partial charge in [-0.25, -0.2) is 4.98 Å². The zero-order chi connectivity index (χ0) is 13.0. The van der Waals surface area contributed by atoms with Crippen molar-refractivity contribution in [3.63, 3.8) is 0 Å². The van der Waals surface area contributed by atoms with E-state index in [1.165, 1.54) is 5.56 Å². The van der Waals surface area contributed by atoms with Crippen LogP contribution in [0.1, 0.15) is 19.4 Å². The average molecular weight is 285 g/mol. The van der Waals surface area contributed by atoms with Gasteiger partial charge in [0, 0.05) is 52.0 Å². The maximum atomic E-state index is 4.52. The molecule has 108 valence electrons. The zero-order valence-corrected chi connectivity index (χ0v) is 12.9. The van der Waals surface area contributed by atoms with E-state index in [4.69, 9.17) is 0 Å². The second kappa shape index (κ2) is 7.68. The van der Waals surface area contributed by atoms with Gasteiger partial charge in [0.1, 0.15) is 5.82 Å². The Hall–Kier alpha value is -0.840. The van der Waals surface area contributed by atoms with Crippen LogP contribution >= 0.6 is 12.4 Å². The van der Waals surface area contributed by atoms with E-state index >= 15 is 0 Å². The van der Waals surface area contributed by atoms with Crippen LogP contribution in [0.15, 0.2) is 18.3 Å². The Balaban J connectivity index is 0.00000180. The first-order valence-electron chi connectivity index (χ1n) is 6.81. The summed E-state index contributed by atoms with van der Waals surface area (Å²) in [6, 6.07) is 4.92. The monoisotopic (exact) mass is 284 g/mol. The number of hydrogen-bond donors (Lipinski definition) is 1. The van der Waals surface area contributed by atoms with Crippen molar-refractivity contribution < 1.29 is 0 Å². The Morgan fingerprint density at radius 2 is 2.26 bits per heavy atom. The predicted molar refractivity (Wildman–Crippen MR) is 83.2 cm³/mol. The minimum Gasteiger partial charge on any atom is -0.360 e. The number of halogens is 1. The van der Waals surface area contributed by atoms with Crippen LogP contribution in [0.4, 0.5) is 5.82 Å². The molecule has 1 atom stereocenters. The molecule has 2 rings (SSSR count). The van der Waals surface area contributed by atoms with Crippen LogP contribution in [0.3, 0.4) is 0 Å². The molecule has 0 aliphatic carbocycles. The molecule has 0 bridgehead atoms. The fourth-order valence-corrected chi connectivity index (χ4v) is 2.25. The van der Waals surface area contributed by atoms with Gasteiger partial charge in [0.2, 0.25) is 0 Å². The summed E-state index contributed by atoms with van der Waals surface area (Å²) in [5.74, 6) is 1.05. The van der Waals surface area contributed by atoms with Crippen molar-refractivity contribution in [3.8, 4) is 0 Å². The summed E-state index contributed by atoms with van der Waals surface area (Å²) in [6.07, 6.45) is 2.01. The molecule has 1 N–H and O–H groups in total. The Labute approximate surface area is 122 Å². The number of rotatable bonds is 4. The summed E-state index contributed by atoms with van der Waals surface area (Å²) in [5, 5.41) is 3.42. The Kier molecular flexibility index (Phi) is 6.55. The van der Waals surface area contributed by atoms with Crippen molar-refractivity contribution in [1.29, 1.82) is 0 Å². The molecule has 1 aromatic heterocycles. The number of aromatic nitrogens is 1. The second-order valence-electron chi connectivity index (χ2n) is 5.06. The molecule has 5 heteroatoms. The number of hydrogen-bond acceptors (Lipinski definition) is 4. The van der Waals surface area contributed by atoms with Gasteiger partial charge in [-0.2, -0.15) is 0 Å². The highest BCUT2D eigenvalue weighted by atomic mass is 35.5. The SMILES string of the molecule is CCN(C)c1ccc(CN2CCNC[C@H]2C)cn1.Cl. The van der Waals surface area contributed by atoms with E-state index in [-0.39, 0.29) is 12.4 Å². The first-order chi connectivity index (χ1) is 8.70. The highest BCUT2D eigenvalue weighted by molar-refractivity contribution is 5.85. The molecule has 1 aromatic rings. The molecule has 1 aliphatic heterocycles. The minimum atomic E-state index is 0. The molecule has 0 amide bonds. The van der Waals surface area contributed by atoms with Crippen molar-refractivity contribution in [2.45, 2.75) is 26.4 Å². The standard InChI is InChI=1S/C14H24N4.ClH/c1-4-17(3)14-6-5-13(10-16-14)11-18-8-7-15-9-12(18)2;/h5-6,10,12,15H,4,7-9,11H2,1-3H3;1H/t12-;/m1./s1. The minimum absolute atomic E-state index is 0. The topological polar surface area (TPSA) is 31.4 Å². The van der Waals surface area contributed by atoms with Crippen molar-refractivity contribution in [3.05, 3.63) is 23.9 Å². The zero-order valence-electron chi connectivity index (χ0n) is 12.1. The number of nitrogens with one attached hydrogen (secondary N) is 1. The summed E-state index contributed by atoms with van der Waals surface area (Å²) in [4.78, 5) is 9.18. The lowest BCUT2D eigenvalue weighted by Gasteiger charge is -2.33. The van der Waals surface area contributed by atoms with Gasteiger partial charge >= 0.3 is 0 Å². The van der Waals surface area contributed by atoms with Crippen LogP contribution in [-0.2, 0) is 6.54 Å².